The lowest BCUT2D eigenvalue weighted by atomic mass is 9.83. The number of rotatable bonds is 12. The van der Waals surface area contributed by atoms with Crippen molar-refractivity contribution in [3.8, 4) is 11.5 Å². The summed E-state index contributed by atoms with van der Waals surface area (Å²) in [6.07, 6.45) is 8.32. The molecule has 2 N–H and O–H groups in total. The maximum Gasteiger partial charge on any atom is 0.190 e. The minimum atomic E-state index is 0.354. The van der Waals surface area contributed by atoms with E-state index in [9.17, 15) is 0 Å². The zero-order valence-corrected chi connectivity index (χ0v) is 18.7. The van der Waals surface area contributed by atoms with Crippen LogP contribution in [0.25, 0.3) is 0 Å². The second-order valence-electron chi connectivity index (χ2n) is 7.82. The van der Waals surface area contributed by atoms with Gasteiger partial charge in [0.25, 0.3) is 0 Å². The fourth-order valence-corrected chi connectivity index (χ4v) is 4.09. The third-order valence-electron chi connectivity index (χ3n) is 5.82. The van der Waals surface area contributed by atoms with Crippen molar-refractivity contribution in [1.82, 2.24) is 10.6 Å². The first kappa shape index (κ1) is 23.3. The molecular weight excluding hydrogens is 366 g/mol. The molecule has 0 unspecified atom stereocenters. The molecule has 0 aliphatic heterocycles. The Morgan fingerprint density at radius 3 is 2.59 bits per heavy atom. The van der Waals surface area contributed by atoms with E-state index in [1.165, 1.54) is 31.2 Å². The Bertz CT molecular complexity index is 628. The number of aliphatic imine (C=N–C) groups is 1. The van der Waals surface area contributed by atoms with Gasteiger partial charge in [0.05, 0.1) is 13.7 Å². The van der Waals surface area contributed by atoms with Crippen molar-refractivity contribution in [3.63, 3.8) is 0 Å². The number of ether oxygens (including phenoxy) is 3. The number of guanidine groups is 1. The third kappa shape index (κ3) is 7.42. The van der Waals surface area contributed by atoms with Gasteiger partial charge < -0.3 is 24.8 Å². The molecule has 0 bridgehead atoms. The molecule has 1 aromatic carbocycles. The zero-order chi connectivity index (χ0) is 21.0. The summed E-state index contributed by atoms with van der Waals surface area (Å²) in [6, 6.07) is 6.17. The molecule has 1 aromatic rings. The number of benzene rings is 1. The SMILES string of the molecule is CCOc1cc(CCCNC(=NC)NCC2(CCOC)CCCC2)ccc1OC. The molecule has 6 nitrogen and oxygen atoms in total. The molecule has 0 atom stereocenters. The second kappa shape index (κ2) is 12.6. The lowest BCUT2D eigenvalue weighted by Gasteiger charge is -2.30. The molecule has 1 aliphatic carbocycles. The number of nitrogens with one attached hydrogen (secondary N) is 2. The highest BCUT2D eigenvalue weighted by Gasteiger charge is 2.33. The molecule has 0 aromatic heterocycles. The van der Waals surface area contributed by atoms with Crippen molar-refractivity contribution >= 4 is 5.96 Å². The maximum atomic E-state index is 5.67. The van der Waals surface area contributed by atoms with Crippen molar-refractivity contribution in [2.24, 2.45) is 10.4 Å². The fourth-order valence-electron chi connectivity index (χ4n) is 4.09. The molecular formula is C23H39N3O3. The maximum absolute atomic E-state index is 5.67. The molecule has 1 aliphatic rings. The van der Waals surface area contributed by atoms with E-state index in [1.807, 2.05) is 20.0 Å². The summed E-state index contributed by atoms with van der Waals surface area (Å²) in [5.74, 6) is 2.49. The quantitative estimate of drug-likeness (QED) is 0.315. The van der Waals surface area contributed by atoms with E-state index in [4.69, 9.17) is 14.2 Å². The Labute approximate surface area is 176 Å². The van der Waals surface area contributed by atoms with Crippen LogP contribution >= 0.6 is 0 Å². The summed E-state index contributed by atoms with van der Waals surface area (Å²) in [5.41, 5.74) is 1.61. The van der Waals surface area contributed by atoms with Crippen LogP contribution in [-0.4, -0.2) is 53.5 Å². The summed E-state index contributed by atoms with van der Waals surface area (Å²) in [6.45, 7) is 5.29. The molecule has 1 saturated carbocycles. The number of methoxy groups -OCH3 is 2. The lowest BCUT2D eigenvalue weighted by Crippen LogP contribution is -2.43. The highest BCUT2D eigenvalue weighted by Crippen LogP contribution is 2.40. The normalized spacial score (nSPS) is 15.9. The van der Waals surface area contributed by atoms with E-state index < -0.39 is 0 Å². The molecule has 164 valence electrons. The smallest absolute Gasteiger partial charge is 0.190 e. The predicted molar refractivity (Wildman–Crippen MR) is 119 cm³/mol. The van der Waals surface area contributed by atoms with Crippen LogP contribution in [0.3, 0.4) is 0 Å². The standard InChI is InChI=1S/C23H39N3O3/c1-5-29-21-17-19(10-11-20(21)28-4)9-8-15-25-22(24-2)26-18-23(14-16-27-3)12-6-7-13-23/h10-11,17H,5-9,12-16,18H2,1-4H3,(H2,24,25,26). The van der Waals surface area contributed by atoms with Gasteiger partial charge in [-0.3, -0.25) is 4.99 Å². The van der Waals surface area contributed by atoms with Gasteiger partial charge in [-0.15, -0.1) is 0 Å². The Hall–Kier alpha value is -1.95. The van der Waals surface area contributed by atoms with Crippen LogP contribution in [0.1, 0.15) is 51.0 Å². The first-order chi connectivity index (χ1) is 14.2. The van der Waals surface area contributed by atoms with Gasteiger partial charge >= 0.3 is 0 Å². The van der Waals surface area contributed by atoms with Gasteiger partial charge in [-0.2, -0.15) is 0 Å². The topological polar surface area (TPSA) is 64.1 Å². The van der Waals surface area contributed by atoms with Gasteiger partial charge in [0.2, 0.25) is 0 Å². The van der Waals surface area contributed by atoms with E-state index in [1.54, 1.807) is 14.2 Å². The van der Waals surface area contributed by atoms with Crippen LogP contribution in [-0.2, 0) is 11.2 Å². The number of hydrogen-bond acceptors (Lipinski definition) is 4. The first-order valence-electron chi connectivity index (χ1n) is 10.9. The lowest BCUT2D eigenvalue weighted by molar-refractivity contribution is 0.138. The summed E-state index contributed by atoms with van der Waals surface area (Å²) < 4.78 is 16.4. The summed E-state index contributed by atoms with van der Waals surface area (Å²) in [7, 11) is 5.30. The average molecular weight is 406 g/mol. The van der Waals surface area contributed by atoms with Gasteiger partial charge in [0.15, 0.2) is 17.5 Å². The monoisotopic (exact) mass is 405 g/mol. The van der Waals surface area contributed by atoms with Gasteiger partial charge in [-0.25, -0.2) is 0 Å². The van der Waals surface area contributed by atoms with Crippen molar-refractivity contribution in [2.45, 2.75) is 51.9 Å². The zero-order valence-electron chi connectivity index (χ0n) is 18.7. The predicted octanol–water partition coefficient (Wildman–Crippen LogP) is 3.79. The Balaban J connectivity index is 1.76. The van der Waals surface area contributed by atoms with E-state index in [2.05, 4.69) is 27.8 Å². The molecule has 0 amide bonds. The molecule has 29 heavy (non-hydrogen) atoms. The van der Waals surface area contributed by atoms with Crippen LogP contribution in [0.4, 0.5) is 0 Å². The molecule has 6 heteroatoms. The van der Waals surface area contributed by atoms with E-state index in [0.29, 0.717) is 12.0 Å². The van der Waals surface area contributed by atoms with Crippen LogP contribution in [0.2, 0.25) is 0 Å². The molecule has 0 spiro atoms. The van der Waals surface area contributed by atoms with Crippen LogP contribution in [0, 0.1) is 5.41 Å². The minimum Gasteiger partial charge on any atom is -0.493 e. The third-order valence-corrected chi connectivity index (χ3v) is 5.82. The molecule has 0 saturated heterocycles. The van der Waals surface area contributed by atoms with Crippen molar-refractivity contribution in [1.29, 1.82) is 0 Å². The average Bonchev–Trinajstić information content (AvgIpc) is 3.21. The van der Waals surface area contributed by atoms with Gasteiger partial charge in [0.1, 0.15) is 0 Å². The molecule has 1 fully saturated rings. The van der Waals surface area contributed by atoms with Crippen molar-refractivity contribution in [2.75, 3.05) is 47.6 Å². The van der Waals surface area contributed by atoms with Gasteiger partial charge in [0, 0.05) is 33.9 Å². The summed E-state index contributed by atoms with van der Waals surface area (Å²) >= 11 is 0. The van der Waals surface area contributed by atoms with E-state index in [0.717, 1.165) is 56.4 Å². The number of aryl methyl sites for hydroxylation is 1. The number of nitrogens with zero attached hydrogens (tertiary/aromatic N) is 1. The van der Waals surface area contributed by atoms with E-state index >= 15 is 0 Å². The van der Waals surface area contributed by atoms with Crippen LogP contribution < -0.4 is 20.1 Å². The second-order valence-corrected chi connectivity index (χ2v) is 7.82. The van der Waals surface area contributed by atoms with Crippen LogP contribution in [0.5, 0.6) is 11.5 Å². The van der Waals surface area contributed by atoms with Crippen LogP contribution in [0.15, 0.2) is 23.2 Å². The Morgan fingerprint density at radius 1 is 1.14 bits per heavy atom. The van der Waals surface area contributed by atoms with Gasteiger partial charge in [-0.05, 0) is 62.1 Å². The number of hydrogen-bond donors (Lipinski definition) is 2. The van der Waals surface area contributed by atoms with Gasteiger partial charge in [-0.1, -0.05) is 18.9 Å². The summed E-state index contributed by atoms with van der Waals surface area (Å²) in [5, 5.41) is 7.00. The molecule has 0 heterocycles. The molecule has 0 radical (unpaired) electrons. The Kier molecular flexibility index (Phi) is 10.1. The van der Waals surface area contributed by atoms with Crippen molar-refractivity contribution < 1.29 is 14.2 Å². The highest BCUT2D eigenvalue weighted by molar-refractivity contribution is 5.79. The fraction of sp³-hybridized carbons (Fsp3) is 0.696. The minimum absolute atomic E-state index is 0.354. The molecule has 2 rings (SSSR count). The Morgan fingerprint density at radius 2 is 1.93 bits per heavy atom. The first-order valence-corrected chi connectivity index (χ1v) is 10.9. The largest absolute Gasteiger partial charge is 0.493 e. The van der Waals surface area contributed by atoms with E-state index in [-0.39, 0.29) is 0 Å². The summed E-state index contributed by atoms with van der Waals surface area (Å²) in [4.78, 5) is 4.39. The van der Waals surface area contributed by atoms with Crippen molar-refractivity contribution in [3.05, 3.63) is 23.8 Å². The highest BCUT2D eigenvalue weighted by atomic mass is 16.5.